The smallest absolute Gasteiger partial charge is 0.261 e. The van der Waals surface area contributed by atoms with Crippen LogP contribution in [0.3, 0.4) is 0 Å². The summed E-state index contributed by atoms with van der Waals surface area (Å²) in [6.45, 7) is 4.02. The van der Waals surface area contributed by atoms with Crippen molar-refractivity contribution < 1.29 is 8.42 Å². The van der Waals surface area contributed by atoms with Gasteiger partial charge in [-0.1, -0.05) is 0 Å². The average molecular weight is 260 g/mol. The van der Waals surface area contributed by atoms with Crippen molar-refractivity contribution in [3.63, 3.8) is 0 Å². The van der Waals surface area contributed by atoms with E-state index in [0.717, 1.165) is 0 Å². The van der Waals surface area contributed by atoms with E-state index in [4.69, 9.17) is 5.73 Å². The molecule has 0 aliphatic rings. The minimum absolute atomic E-state index is 0.0156. The van der Waals surface area contributed by atoms with Crippen molar-refractivity contribution in [3.05, 3.63) is 12.0 Å². The lowest BCUT2D eigenvalue weighted by Gasteiger charge is -2.16. The molecule has 0 aromatic carbocycles. The molecule has 0 aliphatic carbocycles. The predicted octanol–water partition coefficient (Wildman–Crippen LogP) is 0.0863. The molecule has 0 aliphatic heterocycles. The number of aromatic nitrogens is 2. The summed E-state index contributed by atoms with van der Waals surface area (Å²) in [6.07, 6.45) is 2.15. The normalized spacial score (nSPS) is 14.2. The first kappa shape index (κ1) is 14.1. The third-order valence-electron chi connectivity index (χ3n) is 2.66. The van der Waals surface area contributed by atoms with Crippen molar-refractivity contribution in [2.75, 3.05) is 13.6 Å². The lowest BCUT2D eigenvalue weighted by atomic mass is 10.2. The van der Waals surface area contributed by atoms with Crippen molar-refractivity contribution in [3.8, 4) is 0 Å². The maximum Gasteiger partial charge on any atom is 0.261 e. The van der Waals surface area contributed by atoms with Crippen LogP contribution < -0.4 is 5.73 Å². The number of hydrogen-bond donors (Lipinski definition) is 1. The van der Waals surface area contributed by atoms with Crippen molar-refractivity contribution in [1.82, 2.24) is 13.9 Å². The summed E-state index contributed by atoms with van der Waals surface area (Å²) in [4.78, 5) is 4.03. The summed E-state index contributed by atoms with van der Waals surface area (Å²) in [5.41, 5.74) is 5.61. The molecule has 7 heteroatoms. The zero-order chi connectivity index (χ0) is 13.2. The minimum Gasteiger partial charge on any atom is -0.337 e. The van der Waals surface area contributed by atoms with Gasteiger partial charge in [-0.05, 0) is 20.3 Å². The zero-order valence-corrected chi connectivity index (χ0v) is 11.5. The monoisotopic (exact) mass is 260 g/mol. The van der Waals surface area contributed by atoms with E-state index in [1.165, 1.54) is 10.5 Å². The molecule has 0 saturated carbocycles. The molecule has 0 fully saturated rings. The van der Waals surface area contributed by atoms with E-state index in [9.17, 15) is 8.42 Å². The third kappa shape index (κ3) is 3.27. The molecule has 1 aromatic rings. The van der Waals surface area contributed by atoms with Crippen LogP contribution >= 0.6 is 0 Å². The summed E-state index contributed by atoms with van der Waals surface area (Å²) in [6, 6.07) is -0.0156. The van der Waals surface area contributed by atoms with Crippen LogP contribution in [0.15, 0.2) is 11.2 Å². The average Bonchev–Trinajstić information content (AvgIpc) is 2.56. The molecular formula is C10H20N4O2S. The molecule has 1 heterocycles. The van der Waals surface area contributed by atoms with Crippen molar-refractivity contribution in [2.45, 2.75) is 31.3 Å². The Hall–Kier alpha value is -0.920. The highest BCUT2D eigenvalue weighted by Crippen LogP contribution is 2.13. The second-order valence-electron chi connectivity index (χ2n) is 4.33. The fourth-order valence-corrected chi connectivity index (χ4v) is 2.52. The Morgan fingerprint density at radius 2 is 2.18 bits per heavy atom. The van der Waals surface area contributed by atoms with Crippen LogP contribution in [0.1, 0.15) is 19.2 Å². The van der Waals surface area contributed by atoms with Crippen LogP contribution in [0.25, 0.3) is 0 Å². The van der Waals surface area contributed by atoms with Crippen LogP contribution in [-0.2, 0) is 17.1 Å². The van der Waals surface area contributed by atoms with E-state index >= 15 is 0 Å². The highest BCUT2D eigenvalue weighted by Gasteiger charge is 2.23. The molecule has 0 radical (unpaired) electrons. The van der Waals surface area contributed by atoms with E-state index in [1.807, 2.05) is 6.92 Å². The summed E-state index contributed by atoms with van der Waals surface area (Å²) in [5.74, 6) is 0.671. The van der Waals surface area contributed by atoms with E-state index in [2.05, 4.69) is 4.98 Å². The van der Waals surface area contributed by atoms with E-state index in [1.54, 1.807) is 25.6 Å². The van der Waals surface area contributed by atoms with Crippen LogP contribution in [0, 0.1) is 6.92 Å². The zero-order valence-electron chi connectivity index (χ0n) is 10.7. The number of nitrogens with two attached hydrogens (primary N) is 1. The molecule has 1 atom stereocenters. The number of aryl methyl sites for hydroxylation is 2. The number of hydrogen-bond acceptors (Lipinski definition) is 4. The Morgan fingerprint density at radius 3 is 2.59 bits per heavy atom. The number of rotatable bonds is 5. The van der Waals surface area contributed by atoms with Crippen LogP contribution in [0.2, 0.25) is 0 Å². The minimum atomic E-state index is -3.49. The van der Waals surface area contributed by atoms with Crippen LogP contribution in [0.4, 0.5) is 0 Å². The van der Waals surface area contributed by atoms with E-state index in [0.29, 0.717) is 18.8 Å². The SMILES string of the molecule is Cc1nc(S(=O)(=O)N(C)CCC(C)N)cn1C. The Kier molecular flexibility index (Phi) is 4.29. The molecule has 1 aromatic heterocycles. The first-order valence-corrected chi connectivity index (χ1v) is 6.91. The van der Waals surface area contributed by atoms with Gasteiger partial charge >= 0.3 is 0 Å². The lowest BCUT2D eigenvalue weighted by Crippen LogP contribution is -2.31. The van der Waals surface area contributed by atoms with Gasteiger partial charge in [0.15, 0.2) is 5.03 Å². The molecule has 1 rings (SSSR count). The number of imidazole rings is 1. The Bertz CT molecular complexity index is 459. The highest BCUT2D eigenvalue weighted by atomic mass is 32.2. The topological polar surface area (TPSA) is 81.2 Å². The highest BCUT2D eigenvalue weighted by molar-refractivity contribution is 7.89. The van der Waals surface area contributed by atoms with Gasteiger partial charge < -0.3 is 10.3 Å². The molecule has 0 amide bonds. The first-order valence-electron chi connectivity index (χ1n) is 5.47. The standard InChI is InChI=1S/C10H20N4O2S/c1-8(11)5-6-14(4)17(15,16)10-7-13(3)9(2)12-10/h7-8H,5-6,11H2,1-4H3. The second-order valence-corrected chi connectivity index (χ2v) is 6.32. The molecule has 0 spiro atoms. The van der Waals surface area contributed by atoms with Gasteiger partial charge in [0.05, 0.1) is 0 Å². The quantitative estimate of drug-likeness (QED) is 0.813. The van der Waals surface area contributed by atoms with E-state index in [-0.39, 0.29) is 11.1 Å². The molecule has 0 saturated heterocycles. The largest absolute Gasteiger partial charge is 0.337 e. The Labute approximate surface area is 102 Å². The van der Waals surface area contributed by atoms with Gasteiger partial charge in [0.2, 0.25) is 0 Å². The number of nitrogens with zero attached hydrogens (tertiary/aromatic N) is 3. The molecular weight excluding hydrogens is 240 g/mol. The maximum absolute atomic E-state index is 12.1. The molecule has 17 heavy (non-hydrogen) atoms. The van der Waals surface area contributed by atoms with Gasteiger partial charge in [0.25, 0.3) is 10.0 Å². The summed E-state index contributed by atoms with van der Waals surface area (Å²) >= 11 is 0. The van der Waals surface area contributed by atoms with Crippen LogP contribution in [0.5, 0.6) is 0 Å². The lowest BCUT2D eigenvalue weighted by molar-refractivity contribution is 0.444. The second kappa shape index (κ2) is 5.16. The fourth-order valence-electron chi connectivity index (χ4n) is 1.32. The van der Waals surface area contributed by atoms with Crippen LogP contribution in [-0.4, -0.2) is 41.9 Å². The van der Waals surface area contributed by atoms with Crippen molar-refractivity contribution >= 4 is 10.0 Å². The van der Waals surface area contributed by atoms with Crippen molar-refractivity contribution in [1.29, 1.82) is 0 Å². The van der Waals surface area contributed by atoms with Gasteiger partial charge in [-0.2, -0.15) is 4.31 Å². The Morgan fingerprint density at radius 1 is 1.59 bits per heavy atom. The first-order chi connectivity index (χ1) is 7.75. The van der Waals surface area contributed by atoms with Gasteiger partial charge in [-0.25, -0.2) is 13.4 Å². The van der Waals surface area contributed by atoms with Gasteiger partial charge in [0, 0.05) is 32.9 Å². The summed E-state index contributed by atoms with van der Waals surface area (Å²) in [7, 11) is -0.180. The molecule has 0 bridgehead atoms. The fraction of sp³-hybridized carbons (Fsp3) is 0.700. The predicted molar refractivity (Wildman–Crippen MR) is 66.0 cm³/mol. The van der Waals surface area contributed by atoms with Gasteiger partial charge in [-0.3, -0.25) is 0 Å². The van der Waals surface area contributed by atoms with Crippen molar-refractivity contribution in [2.24, 2.45) is 12.8 Å². The third-order valence-corrected chi connectivity index (χ3v) is 4.39. The molecule has 2 N–H and O–H groups in total. The molecule has 1 unspecified atom stereocenters. The Balaban J connectivity index is 2.87. The van der Waals surface area contributed by atoms with E-state index < -0.39 is 10.0 Å². The summed E-state index contributed by atoms with van der Waals surface area (Å²) in [5, 5.41) is 0.0877. The number of sulfonamides is 1. The van der Waals surface area contributed by atoms with Gasteiger partial charge in [0.1, 0.15) is 5.82 Å². The van der Waals surface area contributed by atoms with Gasteiger partial charge in [-0.15, -0.1) is 0 Å². The maximum atomic E-state index is 12.1. The molecule has 98 valence electrons. The molecule has 6 nitrogen and oxygen atoms in total. The summed E-state index contributed by atoms with van der Waals surface area (Å²) < 4.78 is 27.2.